The number of hydrogen-bond donors (Lipinski definition) is 0. The number of aryl methyl sites for hydroxylation is 2. The summed E-state index contributed by atoms with van der Waals surface area (Å²) < 4.78 is 0. The van der Waals surface area contributed by atoms with Crippen LogP contribution in [-0.4, -0.2) is 60.2 Å². The van der Waals surface area contributed by atoms with E-state index >= 15 is 0 Å². The maximum Gasteiger partial charge on any atom is 0.253 e. The van der Waals surface area contributed by atoms with Crippen LogP contribution in [0, 0.1) is 12.8 Å². The van der Waals surface area contributed by atoms with Gasteiger partial charge in [0.15, 0.2) is 0 Å². The molecule has 6 heteroatoms. The molecule has 0 bridgehead atoms. The van der Waals surface area contributed by atoms with E-state index < -0.39 is 0 Å². The van der Waals surface area contributed by atoms with Crippen LogP contribution in [0.1, 0.15) is 34.8 Å². The number of hydrogen-bond acceptors (Lipinski definition) is 3. The number of carbonyl (C=O) groups excluding carboxylic acids is 3. The zero-order valence-electron chi connectivity index (χ0n) is 18.2. The van der Waals surface area contributed by atoms with Crippen molar-refractivity contribution < 1.29 is 14.4 Å². The highest BCUT2D eigenvalue weighted by Gasteiger charge is 2.38. The largest absolute Gasteiger partial charge is 0.339 e. The SMILES string of the molecule is CCc1ccc(N2CC(C(=O)N3CCN(C(=O)c4ccc(C)cc4)CC3)CC2=O)cc1. The Labute approximate surface area is 183 Å². The van der Waals surface area contributed by atoms with E-state index in [1.807, 2.05) is 55.5 Å². The number of carbonyl (C=O) groups is 3. The third kappa shape index (κ3) is 4.48. The first-order chi connectivity index (χ1) is 15.0. The molecule has 2 aliphatic rings. The van der Waals surface area contributed by atoms with Crippen LogP contribution in [0.5, 0.6) is 0 Å². The summed E-state index contributed by atoms with van der Waals surface area (Å²) in [5.41, 5.74) is 3.87. The van der Waals surface area contributed by atoms with Gasteiger partial charge in [0, 0.05) is 50.4 Å². The van der Waals surface area contributed by atoms with Crippen LogP contribution in [0.25, 0.3) is 0 Å². The van der Waals surface area contributed by atoms with Crippen molar-refractivity contribution in [2.45, 2.75) is 26.7 Å². The van der Waals surface area contributed by atoms with E-state index in [0.717, 1.165) is 17.7 Å². The third-order valence-electron chi connectivity index (χ3n) is 6.31. The fraction of sp³-hybridized carbons (Fsp3) is 0.400. The Hall–Kier alpha value is -3.15. The van der Waals surface area contributed by atoms with Crippen molar-refractivity contribution in [1.82, 2.24) is 9.80 Å². The van der Waals surface area contributed by atoms with Crippen LogP contribution in [-0.2, 0) is 16.0 Å². The Morgan fingerprint density at radius 1 is 0.903 bits per heavy atom. The van der Waals surface area contributed by atoms with Gasteiger partial charge in [0.05, 0.1) is 5.92 Å². The summed E-state index contributed by atoms with van der Waals surface area (Å²) in [5, 5.41) is 0. The lowest BCUT2D eigenvalue weighted by atomic mass is 10.1. The summed E-state index contributed by atoms with van der Waals surface area (Å²) in [4.78, 5) is 43.6. The molecule has 0 radical (unpaired) electrons. The molecular formula is C25H29N3O3. The zero-order valence-corrected chi connectivity index (χ0v) is 18.2. The number of piperazine rings is 1. The average Bonchev–Trinajstić information content (AvgIpc) is 3.20. The van der Waals surface area contributed by atoms with E-state index in [2.05, 4.69) is 6.92 Å². The van der Waals surface area contributed by atoms with E-state index in [9.17, 15) is 14.4 Å². The summed E-state index contributed by atoms with van der Waals surface area (Å²) in [7, 11) is 0. The highest BCUT2D eigenvalue weighted by atomic mass is 16.2. The normalized spacial score (nSPS) is 19.1. The third-order valence-corrected chi connectivity index (χ3v) is 6.31. The highest BCUT2D eigenvalue weighted by molar-refractivity contribution is 6.00. The fourth-order valence-electron chi connectivity index (χ4n) is 4.30. The first-order valence-corrected chi connectivity index (χ1v) is 11.0. The van der Waals surface area contributed by atoms with Crippen molar-refractivity contribution in [3.8, 4) is 0 Å². The summed E-state index contributed by atoms with van der Waals surface area (Å²) in [6.45, 7) is 6.56. The van der Waals surface area contributed by atoms with Crippen molar-refractivity contribution in [2.24, 2.45) is 5.92 Å². The fourth-order valence-corrected chi connectivity index (χ4v) is 4.30. The van der Waals surface area contributed by atoms with Crippen molar-refractivity contribution in [2.75, 3.05) is 37.6 Å². The molecule has 0 saturated carbocycles. The van der Waals surface area contributed by atoms with E-state index in [0.29, 0.717) is 38.3 Å². The molecule has 0 aromatic heterocycles. The van der Waals surface area contributed by atoms with Gasteiger partial charge < -0.3 is 14.7 Å². The predicted molar refractivity (Wildman–Crippen MR) is 120 cm³/mol. The number of nitrogens with zero attached hydrogens (tertiary/aromatic N) is 3. The van der Waals surface area contributed by atoms with E-state index in [-0.39, 0.29) is 30.1 Å². The molecule has 2 fully saturated rings. The molecule has 31 heavy (non-hydrogen) atoms. The molecule has 2 aliphatic heterocycles. The number of benzene rings is 2. The van der Waals surface area contributed by atoms with Gasteiger partial charge in [0.1, 0.15) is 0 Å². The lowest BCUT2D eigenvalue weighted by molar-refractivity contribution is -0.137. The molecular weight excluding hydrogens is 390 g/mol. The van der Waals surface area contributed by atoms with Crippen LogP contribution >= 0.6 is 0 Å². The van der Waals surface area contributed by atoms with Gasteiger partial charge >= 0.3 is 0 Å². The lowest BCUT2D eigenvalue weighted by Crippen LogP contribution is -2.52. The molecule has 1 unspecified atom stereocenters. The summed E-state index contributed by atoms with van der Waals surface area (Å²) >= 11 is 0. The summed E-state index contributed by atoms with van der Waals surface area (Å²) in [6, 6.07) is 15.5. The maximum atomic E-state index is 13.1. The molecule has 2 saturated heterocycles. The molecule has 0 spiro atoms. The van der Waals surface area contributed by atoms with Crippen LogP contribution in [0.2, 0.25) is 0 Å². The number of anilines is 1. The molecule has 162 valence electrons. The number of amides is 3. The van der Waals surface area contributed by atoms with Crippen molar-refractivity contribution in [3.63, 3.8) is 0 Å². The van der Waals surface area contributed by atoms with E-state index in [1.165, 1.54) is 5.56 Å². The second-order valence-electron chi connectivity index (χ2n) is 8.41. The highest BCUT2D eigenvalue weighted by Crippen LogP contribution is 2.27. The Morgan fingerprint density at radius 3 is 2.13 bits per heavy atom. The first kappa shape index (κ1) is 21.1. The lowest BCUT2D eigenvalue weighted by Gasteiger charge is -2.36. The standard InChI is InChI=1S/C25H29N3O3/c1-3-19-6-10-22(11-7-19)28-17-21(16-23(28)29)25(31)27-14-12-26(13-15-27)24(30)20-8-4-18(2)5-9-20/h4-11,21H,3,12-17H2,1-2H3. The second-order valence-corrected chi connectivity index (χ2v) is 8.41. The van der Waals surface area contributed by atoms with Gasteiger partial charge in [-0.1, -0.05) is 36.8 Å². The second kappa shape index (κ2) is 8.92. The van der Waals surface area contributed by atoms with Crippen molar-refractivity contribution >= 4 is 23.4 Å². The summed E-state index contributed by atoms with van der Waals surface area (Å²) in [6.07, 6.45) is 1.20. The zero-order chi connectivity index (χ0) is 22.0. The molecule has 6 nitrogen and oxygen atoms in total. The van der Waals surface area contributed by atoms with Crippen molar-refractivity contribution in [3.05, 3.63) is 65.2 Å². The minimum absolute atomic E-state index is 0.00390. The van der Waals surface area contributed by atoms with Gasteiger partial charge in [-0.25, -0.2) is 0 Å². The molecule has 2 aromatic carbocycles. The molecule has 0 N–H and O–H groups in total. The van der Waals surface area contributed by atoms with E-state index in [4.69, 9.17) is 0 Å². The topological polar surface area (TPSA) is 60.9 Å². The summed E-state index contributed by atoms with van der Waals surface area (Å²) in [5.74, 6) is -0.304. The minimum atomic E-state index is -0.322. The maximum absolute atomic E-state index is 13.1. The van der Waals surface area contributed by atoms with Gasteiger partial charge in [0.2, 0.25) is 11.8 Å². The van der Waals surface area contributed by atoms with Gasteiger partial charge in [-0.2, -0.15) is 0 Å². The van der Waals surface area contributed by atoms with Gasteiger partial charge in [-0.05, 0) is 43.2 Å². The van der Waals surface area contributed by atoms with Crippen LogP contribution in [0.3, 0.4) is 0 Å². The molecule has 4 rings (SSSR count). The Bertz CT molecular complexity index is 961. The Kier molecular flexibility index (Phi) is 6.07. The monoisotopic (exact) mass is 419 g/mol. The quantitative estimate of drug-likeness (QED) is 0.766. The molecule has 0 aliphatic carbocycles. The minimum Gasteiger partial charge on any atom is -0.339 e. The van der Waals surface area contributed by atoms with Crippen LogP contribution < -0.4 is 4.90 Å². The molecule has 3 amide bonds. The average molecular weight is 420 g/mol. The van der Waals surface area contributed by atoms with E-state index in [1.54, 1.807) is 14.7 Å². The van der Waals surface area contributed by atoms with Crippen molar-refractivity contribution in [1.29, 1.82) is 0 Å². The van der Waals surface area contributed by atoms with Crippen LogP contribution in [0.15, 0.2) is 48.5 Å². The Balaban J connectivity index is 1.33. The first-order valence-electron chi connectivity index (χ1n) is 11.0. The number of rotatable bonds is 4. The molecule has 2 aromatic rings. The predicted octanol–water partition coefficient (Wildman–Crippen LogP) is 2.89. The molecule has 1 atom stereocenters. The molecule has 2 heterocycles. The van der Waals surface area contributed by atoms with Gasteiger partial charge in [-0.3, -0.25) is 14.4 Å². The van der Waals surface area contributed by atoms with Gasteiger partial charge in [0.25, 0.3) is 5.91 Å². The smallest absolute Gasteiger partial charge is 0.253 e. The van der Waals surface area contributed by atoms with Gasteiger partial charge in [-0.15, -0.1) is 0 Å². The van der Waals surface area contributed by atoms with Crippen LogP contribution in [0.4, 0.5) is 5.69 Å². The Morgan fingerprint density at radius 2 is 1.52 bits per heavy atom.